The van der Waals surface area contributed by atoms with E-state index in [2.05, 4.69) is 34.3 Å². The first-order valence-corrected chi connectivity index (χ1v) is 13.9. The molecule has 0 spiro atoms. The number of hydrogen-bond acceptors (Lipinski definition) is 5. The van der Waals surface area contributed by atoms with Gasteiger partial charge in [-0.15, -0.1) is 0 Å². The summed E-state index contributed by atoms with van der Waals surface area (Å²) in [5.74, 6) is 0.695. The maximum absolute atomic E-state index is 13.1. The Hall–Kier alpha value is -2.91. The lowest BCUT2D eigenvalue weighted by Gasteiger charge is -2.25. The highest BCUT2D eigenvalue weighted by molar-refractivity contribution is 7.89. The minimum atomic E-state index is -3.51. The Labute approximate surface area is 207 Å². The van der Waals surface area contributed by atoms with E-state index in [0.29, 0.717) is 31.4 Å². The van der Waals surface area contributed by atoms with Crippen molar-refractivity contribution in [2.75, 3.05) is 36.4 Å². The van der Waals surface area contributed by atoms with E-state index in [9.17, 15) is 13.2 Å². The molecule has 186 valence electrons. The number of amides is 1. The molecule has 3 heterocycles. The van der Waals surface area contributed by atoms with Crippen LogP contribution in [0.2, 0.25) is 0 Å². The van der Waals surface area contributed by atoms with E-state index >= 15 is 0 Å². The second-order valence-electron chi connectivity index (χ2n) is 9.42. The van der Waals surface area contributed by atoms with Crippen molar-refractivity contribution in [3.05, 3.63) is 47.8 Å². The zero-order valence-corrected chi connectivity index (χ0v) is 21.3. The van der Waals surface area contributed by atoms with Gasteiger partial charge in [0.25, 0.3) is 0 Å². The van der Waals surface area contributed by atoms with Crippen LogP contribution in [0.5, 0.6) is 0 Å². The van der Waals surface area contributed by atoms with Crippen LogP contribution in [-0.2, 0) is 34.7 Å². The predicted octanol–water partition coefficient (Wildman–Crippen LogP) is 3.70. The monoisotopic (exact) mass is 495 g/mol. The third kappa shape index (κ3) is 4.67. The van der Waals surface area contributed by atoms with Crippen LogP contribution in [0.15, 0.2) is 41.3 Å². The first-order valence-electron chi connectivity index (χ1n) is 12.5. The van der Waals surface area contributed by atoms with E-state index in [-0.39, 0.29) is 10.8 Å². The number of hydrogen-bond donors (Lipinski definition) is 1. The zero-order valence-electron chi connectivity index (χ0n) is 20.5. The first kappa shape index (κ1) is 23.8. The fraction of sp³-hybridized carbons (Fsp3) is 0.462. The number of aromatic nitrogens is 2. The number of imidazole rings is 1. The average molecular weight is 496 g/mol. The van der Waals surface area contributed by atoms with Crippen molar-refractivity contribution in [2.45, 2.75) is 50.3 Å². The maximum Gasteiger partial charge on any atom is 0.243 e. The fourth-order valence-corrected chi connectivity index (χ4v) is 6.71. The van der Waals surface area contributed by atoms with Crippen molar-refractivity contribution < 1.29 is 13.2 Å². The third-order valence-corrected chi connectivity index (χ3v) is 9.11. The highest BCUT2D eigenvalue weighted by atomic mass is 32.2. The number of nitrogens with one attached hydrogen (secondary N) is 1. The lowest BCUT2D eigenvalue weighted by atomic mass is 10.1. The van der Waals surface area contributed by atoms with Crippen LogP contribution in [0.1, 0.15) is 44.0 Å². The summed E-state index contributed by atoms with van der Waals surface area (Å²) in [5.41, 5.74) is 4.84. The number of sulfonamides is 1. The van der Waals surface area contributed by atoms with E-state index in [0.717, 1.165) is 55.8 Å². The number of carbonyl (C=O) groups is 1. The van der Waals surface area contributed by atoms with Crippen molar-refractivity contribution in [1.29, 1.82) is 0 Å². The van der Waals surface area contributed by atoms with Gasteiger partial charge in [-0.2, -0.15) is 4.31 Å². The molecule has 0 bridgehead atoms. The molecule has 5 rings (SSSR count). The SMILES string of the molecule is CCN1CCc2ccc(NC(=O)CCc3nc4cc(S(=O)(=O)N5CCCCC5)ccc4n3C)cc21. The molecule has 1 aromatic heterocycles. The Balaban J connectivity index is 1.27. The fourth-order valence-electron chi connectivity index (χ4n) is 5.17. The molecule has 0 saturated carbocycles. The van der Waals surface area contributed by atoms with Crippen molar-refractivity contribution >= 4 is 38.3 Å². The highest BCUT2D eigenvalue weighted by Crippen LogP contribution is 2.30. The molecule has 1 amide bonds. The standard InChI is InChI=1S/C26H33N5O3S/c1-3-30-16-13-19-7-8-20(17-24(19)30)27-26(32)12-11-25-28-22-18-21(9-10-23(22)29(25)2)35(33,34)31-14-5-4-6-15-31/h7-10,17-18H,3-6,11-16H2,1-2H3,(H,27,32). The normalized spacial score (nSPS) is 16.6. The summed E-state index contributed by atoms with van der Waals surface area (Å²) in [6, 6.07) is 11.3. The summed E-state index contributed by atoms with van der Waals surface area (Å²) >= 11 is 0. The number of likely N-dealkylation sites (N-methyl/N-ethyl adjacent to an activating group) is 1. The van der Waals surface area contributed by atoms with Gasteiger partial charge in [0, 0.05) is 57.4 Å². The van der Waals surface area contributed by atoms with Gasteiger partial charge in [-0.25, -0.2) is 13.4 Å². The van der Waals surface area contributed by atoms with E-state index in [1.165, 1.54) is 11.3 Å². The number of aryl methyl sites for hydroxylation is 2. The Bertz CT molecular complexity index is 1360. The van der Waals surface area contributed by atoms with Gasteiger partial charge in [-0.1, -0.05) is 12.5 Å². The van der Waals surface area contributed by atoms with Gasteiger partial charge in [0.2, 0.25) is 15.9 Å². The Kier molecular flexibility index (Phi) is 6.55. The van der Waals surface area contributed by atoms with Crippen LogP contribution in [0.4, 0.5) is 11.4 Å². The summed E-state index contributed by atoms with van der Waals surface area (Å²) in [5, 5.41) is 3.02. The molecule has 35 heavy (non-hydrogen) atoms. The third-order valence-electron chi connectivity index (χ3n) is 7.22. The van der Waals surface area contributed by atoms with E-state index in [1.54, 1.807) is 16.4 Å². The minimum absolute atomic E-state index is 0.0635. The second-order valence-corrected chi connectivity index (χ2v) is 11.4. The topological polar surface area (TPSA) is 87.5 Å². The molecule has 2 aliphatic heterocycles. The summed E-state index contributed by atoms with van der Waals surface area (Å²) in [7, 11) is -1.61. The van der Waals surface area contributed by atoms with Gasteiger partial charge in [0.15, 0.2) is 0 Å². The molecule has 0 atom stereocenters. The number of benzene rings is 2. The summed E-state index contributed by atoms with van der Waals surface area (Å²) in [4.78, 5) is 20.0. The molecule has 0 aliphatic carbocycles. The van der Waals surface area contributed by atoms with Crippen LogP contribution in [0.3, 0.4) is 0 Å². The maximum atomic E-state index is 13.1. The Morgan fingerprint density at radius 1 is 1.06 bits per heavy atom. The quantitative estimate of drug-likeness (QED) is 0.540. The number of fused-ring (bicyclic) bond motifs is 2. The zero-order chi connectivity index (χ0) is 24.6. The van der Waals surface area contributed by atoms with Gasteiger partial charge >= 0.3 is 0 Å². The van der Waals surface area contributed by atoms with Crippen LogP contribution >= 0.6 is 0 Å². The average Bonchev–Trinajstić information content (AvgIpc) is 3.43. The van der Waals surface area contributed by atoms with Crippen molar-refractivity contribution in [3.63, 3.8) is 0 Å². The molecule has 0 radical (unpaired) electrons. The molecule has 2 aliphatic rings. The largest absolute Gasteiger partial charge is 0.371 e. The van der Waals surface area contributed by atoms with Crippen molar-refractivity contribution in [2.24, 2.45) is 7.05 Å². The molecule has 8 nitrogen and oxygen atoms in total. The lowest BCUT2D eigenvalue weighted by Crippen LogP contribution is -2.35. The second kappa shape index (κ2) is 9.62. The van der Waals surface area contributed by atoms with Gasteiger partial charge in [-0.3, -0.25) is 4.79 Å². The number of nitrogens with zero attached hydrogens (tertiary/aromatic N) is 4. The molecule has 1 fully saturated rings. The summed E-state index contributed by atoms with van der Waals surface area (Å²) in [6.45, 7) is 5.27. The molecule has 9 heteroatoms. The smallest absolute Gasteiger partial charge is 0.243 e. The summed E-state index contributed by atoms with van der Waals surface area (Å²) < 4.78 is 29.6. The number of piperidine rings is 1. The Morgan fingerprint density at radius 2 is 1.86 bits per heavy atom. The van der Waals surface area contributed by atoms with Gasteiger partial charge in [0.05, 0.1) is 15.9 Å². The Morgan fingerprint density at radius 3 is 2.63 bits per heavy atom. The molecule has 1 N–H and O–H groups in total. The molecule has 3 aromatic rings. The lowest BCUT2D eigenvalue weighted by molar-refractivity contribution is -0.116. The van der Waals surface area contributed by atoms with Crippen molar-refractivity contribution in [1.82, 2.24) is 13.9 Å². The molecule has 1 saturated heterocycles. The molecule has 0 unspecified atom stereocenters. The van der Waals surface area contributed by atoms with Gasteiger partial charge in [-0.05, 0) is 62.1 Å². The van der Waals surface area contributed by atoms with Crippen LogP contribution in [0, 0.1) is 0 Å². The van der Waals surface area contributed by atoms with Crippen LogP contribution < -0.4 is 10.2 Å². The molecular formula is C26H33N5O3S. The highest BCUT2D eigenvalue weighted by Gasteiger charge is 2.26. The summed E-state index contributed by atoms with van der Waals surface area (Å²) in [6.07, 6.45) is 4.69. The minimum Gasteiger partial charge on any atom is -0.371 e. The van der Waals surface area contributed by atoms with Crippen LogP contribution in [0.25, 0.3) is 11.0 Å². The van der Waals surface area contributed by atoms with E-state index in [4.69, 9.17) is 0 Å². The number of rotatable bonds is 7. The first-order chi connectivity index (χ1) is 16.9. The number of anilines is 2. The molecule has 2 aromatic carbocycles. The van der Waals surface area contributed by atoms with Gasteiger partial charge in [0.1, 0.15) is 5.82 Å². The predicted molar refractivity (Wildman–Crippen MR) is 138 cm³/mol. The number of carbonyl (C=O) groups excluding carboxylic acids is 1. The molecular weight excluding hydrogens is 462 g/mol. The van der Waals surface area contributed by atoms with Gasteiger partial charge < -0.3 is 14.8 Å². The van der Waals surface area contributed by atoms with E-state index < -0.39 is 10.0 Å². The van der Waals surface area contributed by atoms with E-state index in [1.807, 2.05) is 23.7 Å². The van der Waals surface area contributed by atoms with Crippen LogP contribution in [-0.4, -0.2) is 54.4 Å². The van der Waals surface area contributed by atoms with Crippen molar-refractivity contribution in [3.8, 4) is 0 Å².